The molecule has 1 unspecified atom stereocenters. The highest BCUT2D eigenvalue weighted by atomic mass is 32.2. The summed E-state index contributed by atoms with van der Waals surface area (Å²) in [5.41, 5.74) is 2.25. The van der Waals surface area contributed by atoms with E-state index in [0.717, 1.165) is 35.9 Å². The Balaban J connectivity index is 1.73. The lowest BCUT2D eigenvalue weighted by Crippen LogP contribution is -2.44. The molecule has 1 atom stereocenters. The second kappa shape index (κ2) is 8.91. The van der Waals surface area contributed by atoms with Crippen LogP contribution < -0.4 is 0 Å². The molecular formula is C21H30N4OS. The number of hydrogen-bond donors (Lipinski definition) is 0. The molecule has 1 fully saturated rings. The number of rotatable bonds is 6. The summed E-state index contributed by atoms with van der Waals surface area (Å²) in [7, 11) is 1.97. The van der Waals surface area contributed by atoms with E-state index in [-0.39, 0.29) is 11.2 Å². The van der Waals surface area contributed by atoms with Crippen molar-refractivity contribution < 1.29 is 4.79 Å². The second-order valence-electron chi connectivity index (χ2n) is 7.36. The topological polar surface area (TPSA) is 51.0 Å². The van der Waals surface area contributed by atoms with Crippen LogP contribution in [-0.4, -0.2) is 43.4 Å². The molecule has 1 heterocycles. The van der Waals surface area contributed by atoms with E-state index in [1.54, 1.807) is 0 Å². The smallest absolute Gasteiger partial charge is 0.236 e. The Hall–Kier alpha value is -1.82. The normalized spacial score (nSPS) is 16.3. The summed E-state index contributed by atoms with van der Waals surface area (Å²) in [6.07, 6.45) is 6.04. The van der Waals surface area contributed by atoms with Gasteiger partial charge in [-0.1, -0.05) is 55.3 Å². The van der Waals surface area contributed by atoms with Crippen molar-refractivity contribution in [2.45, 2.75) is 69.3 Å². The molecule has 1 aliphatic rings. The lowest BCUT2D eigenvalue weighted by atomic mass is 9.94. The minimum Gasteiger partial charge on any atom is -0.339 e. The van der Waals surface area contributed by atoms with Gasteiger partial charge in [-0.2, -0.15) is 0 Å². The summed E-state index contributed by atoms with van der Waals surface area (Å²) in [5.74, 6) is 1.06. The second-order valence-corrected chi connectivity index (χ2v) is 8.66. The first-order valence-electron chi connectivity index (χ1n) is 9.95. The Morgan fingerprint density at radius 1 is 1.26 bits per heavy atom. The summed E-state index contributed by atoms with van der Waals surface area (Å²) >= 11 is 1.51. The van der Waals surface area contributed by atoms with Crippen LogP contribution in [0.25, 0.3) is 11.4 Å². The van der Waals surface area contributed by atoms with E-state index >= 15 is 0 Å². The minimum atomic E-state index is -0.167. The molecule has 0 bridgehead atoms. The van der Waals surface area contributed by atoms with Crippen molar-refractivity contribution in [3.05, 3.63) is 29.8 Å². The van der Waals surface area contributed by atoms with Crippen molar-refractivity contribution in [1.82, 2.24) is 19.7 Å². The maximum Gasteiger partial charge on any atom is 0.236 e. The van der Waals surface area contributed by atoms with Crippen molar-refractivity contribution >= 4 is 17.7 Å². The van der Waals surface area contributed by atoms with Crippen LogP contribution in [-0.2, 0) is 11.8 Å². The van der Waals surface area contributed by atoms with Crippen LogP contribution in [0.15, 0.2) is 29.4 Å². The highest BCUT2D eigenvalue weighted by Crippen LogP contribution is 2.29. The van der Waals surface area contributed by atoms with Crippen molar-refractivity contribution in [3.63, 3.8) is 0 Å². The van der Waals surface area contributed by atoms with Crippen LogP contribution in [0.3, 0.4) is 0 Å². The van der Waals surface area contributed by atoms with Gasteiger partial charge in [0.15, 0.2) is 11.0 Å². The average molecular weight is 387 g/mol. The number of aromatic nitrogens is 3. The summed E-state index contributed by atoms with van der Waals surface area (Å²) in [6, 6.07) is 8.58. The van der Waals surface area contributed by atoms with Gasteiger partial charge in [0.05, 0.1) is 5.25 Å². The number of amides is 1. The highest BCUT2D eigenvalue weighted by molar-refractivity contribution is 8.00. The Morgan fingerprint density at radius 3 is 2.63 bits per heavy atom. The van der Waals surface area contributed by atoms with E-state index in [9.17, 15) is 4.79 Å². The van der Waals surface area contributed by atoms with Crippen molar-refractivity contribution in [2.75, 3.05) is 6.54 Å². The molecule has 3 rings (SSSR count). The number of carbonyl (C=O) groups is 1. The molecule has 27 heavy (non-hydrogen) atoms. The molecule has 1 saturated carbocycles. The number of benzene rings is 1. The maximum absolute atomic E-state index is 13.1. The Labute approximate surface area is 166 Å². The van der Waals surface area contributed by atoms with Gasteiger partial charge in [0.1, 0.15) is 0 Å². The molecule has 0 saturated heterocycles. The molecule has 2 aromatic rings. The van der Waals surface area contributed by atoms with Crippen LogP contribution in [0.1, 0.15) is 51.5 Å². The molecule has 0 N–H and O–H groups in total. The van der Waals surface area contributed by atoms with Gasteiger partial charge in [0.2, 0.25) is 5.91 Å². The maximum atomic E-state index is 13.1. The predicted molar refractivity (Wildman–Crippen MR) is 111 cm³/mol. The SMILES string of the molecule is CCN(C(=O)C(C)Sc1nnc(-c2ccccc2C)n1C)C1CCCCC1. The summed E-state index contributed by atoms with van der Waals surface area (Å²) < 4.78 is 1.99. The molecule has 6 heteroatoms. The van der Waals surface area contributed by atoms with Gasteiger partial charge in [-0.3, -0.25) is 4.79 Å². The van der Waals surface area contributed by atoms with Crippen molar-refractivity contribution in [3.8, 4) is 11.4 Å². The van der Waals surface area contributed by atoms with E-state index in [4.69, 9.17) is 0 Å². The molecule has 0 spiro atoms. The van der Waals surface area contributed by atoms with Gasteiger partial charge in [0, 0.05) is 25.2 Å². The standard InChI is InChI=1S/C21H30N4OS/c1-5-25(17-12-7-6-8-13-17)20(26)16(3)27-21-23-22-19(24(21)4)18-14-10-9-11-15(18)2/h9-11,14,16-17H,5-8,12-13H2,1-4H3. The first-order valence-corrected chi connectivity index (χ1v) is 10.8. The van der Waals surface area contributed by atoms with E-state index in [2.05, 4.69) is 41.1 Å². The first-order chi connectivity index (χ1) is 13.0. The summed E-state index contributed by atoms with van der Waals surface area (Å²) in [6.45, 7) is 6.93. The predicted octanol–water partition coefficient (Wildman–Crippen LogP) is 4.45. The zero-order valence-corrected chi connectivity index (χ0v) is 17.6. The lowest BCUT2D eigenvalue weighted by Gasteiger charge is -2.35. The monoisotopic (exact) mass is 386 g/mol. The Bertz CT molecular complexity index is 782. The summed E-state index contributed by atoms with van der Waals surface area (Å²) in [4.78, 5) is 15.1. The molecule has 1 amide bonds. The van der Waals surface area contributed by atoms with Crippen LogP contribution in [0.5, 0.6) is 0 Å². The van der Waals surface area contributed by atoms with E-state index < -0.39 is 0 Å². The van der Waals surface area contributed by atoms with Gasteiger partial charge in [-0.05, 0) is 39.2 Å². The van der Waals surface area contributed by atoms with E-state index in [1.165, 1.54) is 36.6 Å². The number of hydrogen-bond acceptors (Lipinski definition) is 4. The molecule has 1 aromatic heterocycles. The van der Waals surface area contributed by atoms with E-state index in [0.29, 0.717) is 6.04 Å². The van der Waals surface area contributed by atoms with Crippen LogP contribution >= 0.6 is 11.8 Å². The third-order valence-corrected chi connectivity index (χ3v) is 6.61. The molecule has 5 nitrogen and oxygen atoms in total. The Kier molecular flexibility index (Phi) is 6.58. The van der Waals surface area contributed by atoms with Gasteiger partial charge >= 0.3 is 0 Å². The largest absolute Gasteiger partial charge is 0.339 e. The van der Waals surface area contributed by atoms with Crippen LogP contribution in [0, 0.1) is 6.92 Å². The Morgan fingerprint density at radius 2 is 1.96 bits per heavy atom. The molecule has 146 valence electrons. The fraction of sp³-hybridized carbons (Fsp3) is 0.571. The summed E-state index contributed by atoms with van der Waals surface area (Å²) in [5, 5.41) is 9.36. The van der Waals surface area contributed by atoms with Crippen LogP contribution in [0.4, 0.5) is 0 Å². The van der Waals surface area contributed by atoms with Gasteiger partial charge in [-0.15, -0.1) is 10.2 Å². The van der Waals surface area contributed by atoms with Crippen molar-refractivity contribution in [1.29, 1.82) is 0 Å². The first kappa shape index (κ1) is 19.9. The molecular weight excluding hydrogens is 356 g/mol. The number of nitrogens with zero attached hydrogens (tertiary/aromatic N) is 4. The molecule has 0 radical (unpaired) electrons. The fourth-order valence-corrected chi connectivity index (χ4v) is 4.79. The lowest BCUT2D eigenvalue weighted by molar-refractivity contribution is -0.133. The highest BCUT2D eigenvalue weighted by Gasteiger charge is 2.29. The third-order valence-electron chi connectivity index (χ3n) is 5.49. The van der Waals surface area contributed by atoms with Gasteiger partial charge in [0.25, 0.3) is 0 Å². The van der Waals surface area contributed by atoms with Gasteiger partial charge < -0.3 is 9.47 Å². The molecule has 1 aromatic carbocycles. The zero-order chi connectivity index (χ0) is 19.4. The minimum absolute atomic E-state index is 0.167. The average Bonchev–Trinajstić information content (AvgIpc) is 3.04. The third kappa shape index (κ3) is 4.37. The number of thioether (sulfide) groups is 1. The number of aryl methyl sites for hydroxylation is 1. The zero-order valence-electron chi connectivity index (χ0n) is 16.8. The number of carbonyl (C=O) groups excluding carboxylic acids is 1. The fourth-order valence-electron chi connectivity index (χ4n) is 3.90. The quantitative estimate of drug-likeness (QED) is 0.688. The van der Waals surface area contributed by atoms with E-state index in [1.807, 2.05) is 30.7 Å². The molecule has 1 aliphatic carbocycles. The van der Waals surface area contributed by atoms with Crippen LogP contribution in [0.2, 0.25) is 0 Å². The van der Waals surface area contributed by atoms with Crippen molar-refractivity contribution in [2.24, 2.45) is 7.05 Å². The molecule has 0 aliphatic heterocycles. The van der Waals surface area contributed by atoms with Gasteiger partial charge in [-0.25, -0.2) is 0 Å².